The zero-order valence-corrected chi connectivity index (χ0v) is 17.8. The van der Waals surface area contributed by atoms with Gasteiger partial charge in [-0.2, -0.15) is 0 Å². The summed E-state index contributed by atoms with van der Waals surface area (Å²) in [4.78, 5) is 51.4. The topological polar surface area (TPSA) is 162 Å². The van der Waals surface area contributed by atoms with Gasteiger partial charge in [0.05, 0.1) is 26.2 Å². The maximum atomic E-state index is 11.2. The summed E-state index contributed by atoms with van der Waals surface area (Å²) < 4.78 is 0. The van der Waals surface area contributed by atoms with Gasteiger partial charge < -0.3 is 25.3 Å². The van der Waals surface area contributed by atoms with Crippen molar-refractivity contribution in [3.05, 3.63) is 0 Å². The minimum absolute atomic E-state index is 0.0536. The number of aliphatic carboxylic acids is 4. The summed E-state index contributed by atoms with van der Waals surface area (Å²) in [5, 5.41) is 36.2. The molecule has 0 aromatic rings. The van der Waals surface area contributed by atoms with Gasteiger partial charge in [-0.3, -0.25) is 33.9 Å². The fourth-order valence-electron chi connectivity index (χ4n) is 3.61. The second-order valence-corrected chi connectivity index (χ2v) is 7.74. The van der Waals surface area contributed by atoms with Crippen molar-refractivity contribution in [2.75, 3.05) is 78.5 Å². The van der Waals surface area contributed by atoms with E-state index in [1.165, 1.54) is 4.90 Å². The van der Waals surface area contributed by atoms with Gasteiger partial charge in [-0.1, -0.05) is 0 Å². The summed E-state index contributed by atoms with van der Waals surface area (Å²) >= 11 is 0. The van der Waals surface area contributed by atoms with E-state index in [1.54, 1.807) is 0 Å². The Morgan fingerprint density at radius 3 is 1.48 bits per heavy atom. The van der Waals surface area contributed by atoms with Crippen LogP contribution in [0.5, 0.6) is 0 Å². The molecule has 4 N–H and O–H groups in total. The van der Waals surface area contributed by atoms with Gasteiger partial charge in [0, 0.05) is 32.7 Å². The lowest BCUT2D eigenvalue weighted by atomic mass is 10.2. The van der Waals surface area contributed by atoms with E-state index in [2.05, 4.69) is 4.90 Å². The van der Waals surface area contributed by atoms with Crippen molar-refractivity contribution in [3.8, 4) is 0 Å². The molecule has 0 spiro atoms. The van der Waals surface area contributed by atoms with Crippen LogP contribution in [0.25, 0.3) is 0 Å². The van der Waals surface area contributed by atoms with Crippen molar-refractivity contribution in [1.29, 1.82) is 0 Å². The lowest BCUT2D eigenvalue weighted by Gasteiger charge is -2.30. The van der Waals surface area contributed by atoms with Crippen molar-refractivity contribution in [3.63, 3.8) is 0 Å². The van der Waals surface area contributed by atoms with Gasteiger partial charge in [-0.25, -0.2) is 0 Å². The Morgan fingerprint density at radius 2 is 1.00 bits per heavy atom. The Balaban J connectivity index is 2.75. The highest BCUT2D eigenvalue weighted by atomic mass is 16.4. The molecular formula is C19H34N4O8. The maximum Gasteiger partial charge on any atom is 0.317 e. The Kier molecular flexibility index (Phi) is 12.7. The summed E-state index contributed by atoms with van der Waals surface area (Å²) in [6, 6.07) is 0. The highest BCUT2D eigenvalue weighted by Crippen LogP contribution is 2.05. The number of nitrogens with zero attached hydrogens (tertiary/aromatic N) is 4. The van der Waals surface area contributed by atoms with Crippen LogP contribution in [0.3, 0.4) is 0 Å². The predicted molar refractivity (Wildman–Crippen MR) is 110 cm³/mol. The molecule has 0 saturated carbocycles. The molecule has 178 valence electrons. The van der Waals surface area contributed by atoms with Crippen LogP contribution in [0.2, 0.25) is 0 Å². The molecular weight excluding hydrogens is 412 g/mol. The molecule has 12 heteroatoms. The van der Waals surface area contributed by atoms with Crippen LogP contribution in [0, 0.1) is 0 Å². The highest BCUT2D eigenvalue weighted by Gasteiger charge is 2.18. The molecule has 1 heterocycles. The van der Waals surface area contributed by atoms with E-state index < -0.39 is 23.9 Å². The lowest BCUT2D eigenvalue weighted by Crippen LogP contribution is -2.44. The smallest absolute Gasteiger partial charge is 0.317 e. The predicted octanol–water partition coefficient (Wildman–Crippen LogP) is -1.28. The average Bonchev–Trinajstić information content (AvgIpc) is 2.62. The molecule has 1 aliphatic rings. The first-order valence-electron chi connectivity index (χ1n) is 10.4. The molecule has 1 aliphatic heterocycles. The van der Waals surface area contributed by atoms with Crippen molar-refractivity contribution in [2.45, 2.75) is 19.3 Å². The molecule has 1 fully saturated rings. The number of carboxylic acids is 4. The number of hydrogen-bond acceptors (Lipinski definition) is 8. The van der Waals surface area contributed by atoms with E-state index in [9.17, 15) is 24.3 Å². The molecule has 0 bridgehead atoms. The van der Waals surface area contributed by atoms with E-state index in [0.717, 1.165) is 12.8 Å². The second-order valence-electron chi connectivity index (χ2n) is 7.74. The highest BCUT2D eigenvalue weighted by molar-refractivity contribution is 5.72. The van der Waals surface area contributed by atoms with E-state index in [4.69, 9.17) is 15.3 Å². The molecule has 1 saturated heterocycles. The summed E-state index contributed by atoms with van der Waals surface area (Å²) in [6.45, 7) is 3.33. The van der Waals surface area contributed by atoms with Crippen LogP contribution < -0.4 is 0 Å². The second kappa shape index (κ2) is 14.7. The lowest BCUT2D eigenvalue weighted by molar-refractivity contribution is -0.142. The number of carboxylic acid groups (broad SMARTS) is 4. The summed E-state index contributed by atoms with van der Waals surface area (Å²) in [6.07, 6.45) is 2.26. The fourth-order valence-corrected chi connectivity index (χ4v) is 3.61. The molecule has 0 aliphatic carbocycles. The van der Waals surface area contributed by atoms with E-state index in [0.29, 0.717) is 52.2 Å². The molecule has 0 amide bonds. The van der Waals surface area contributed by atoms with E-state index >= 15 is 0 Å². The molecule has 0 aromatic heterocycles. The molecule has 12 nitrogen and oxygen atoms in total. The van der Waals surface area contributed by atoms with Crippen LogP contribution in [0.15, 0.2) is 0 Å². The minimum Gasteiger partial charge on any atom is -0.480 e. The van der Waals surface area contributed by atoms with Gasteiger partial charge in [0.15, 0.2) is 0 Å². The van der Waals surface area contributed by atoms with Gasteiger partial charge >= 0.3 is 23.9 Å². The number of carbonyl (C=O) groups is 4. The van der Waals surface area contributed by atoms with Crippen molar-refractivity contribution in [1.82, 2.24) is 19.6 Å². The molecule has 0 atom stereocenters. The third-order valence-electron chi connectivity index (χ3n) is 5.05. The van der Waals surface area contributed by atoms with Crippen LogP contribution in [0.1, 0.15) is 19.3 Å². The summed E-state index contributed by atoms with van der Waals surface area (Å²) in [5.74, 6) is -4.02. The minimum atomic E-state index is -1.10. The average molecular weight is 447 g/mol. The van der Waals surface area contributed by atoms with Crippen LogP contribution in [0.4, 0.5) is 0 Å². The van der Waals surface area contributed by atoms with Gasteiger partial charge in [0.1, 0.15) is 0 Å². The standard InChI is InChI=1S/C19H34N4O8/c24-16(25)12-21-5-2-1-4-20(8-10-22(7-3-6-21)13-17(26)27)9-11-23(14-18(28)29)15-19(30)31/h1-15H2,(H,24,25)(H,26,27)(H,28,29)(H,30,31). The zero-order chi connectivity index (χ0) is 23.2. The van der Waals surface area contributed by atoms with E-state index in [-0.39, 0.29) is 32.7 Å². The largest absolute Gasteiger partial charge is 0.480 e. The Hall–Kier alpha value is -2.28. The van der Waals surface area contributed by atoms with Crippen molar-refractivity contribution >= 4 is 23.9 Å². The SMILES string of the molecule is O=C(O)CN1CCCCN(CCN(CC(=O)O)CC(=O)O)CCN(CC(=O)O)CCC1. The van der Waals surface area contributed by atoms with Crippen LogP contribution in [-0.4, -0.2) is 142 Å². The molecule has 0 aromatic carbocycles. The molecule has 1 rings (SSSR count). The van der Waals surface area contributed by atoms with Gasteiger partial charge in [-0.15, -0.1) is 0 Å². The van der Waals surface area contributed by atoms with Crippen molar-refractivity contribution < 1.29 is 39.6 Å². The number of hydrogen-bond donors (Lipinski definition) is 4. The maximum absolute atomic E-state index is 11.2. The third kappa shape index (κ3) is 13.6. The van der Waals surface area contributed by atoms with Gasteiger partial charge in [0.25, 0.3) is 0 Å². The normalized spacial score (nSPS) is 18.2. The van der Waals surface area contributed by atoms with E-state index in [1.807, 2.05) is 9.80 Å². The summed E-state index contributed by atoms with van der Waals surface area (Å²) in [7, 11) is 0. The third-order valence-corrected chi connectivity index (χ3v) is 5.05. The monoisotopic (exact) mass is 446 g/mol. The molecule has 0 radical (unpaired) electrons. The molecule has 0 unspecified atom stereocenters. The first kappa shape index (κ1) is 26.8. The van der Waals surface area contributed by atoms with Gasteiger partial charge in [-0.05, 0) is 38.9 Å². The van der Waals surface area contributed by atoms with Crippen molar-refractivity contribution in [2.24, 2.45) is 0 Å². The quantitative estimate of drug-likeness (QED) is 0.298. The van der Waals surface area contributed by atoms with Gasteiger partial charge in [0.2, 0.25) is 0 Å². The Morgan fingerprint density at radius 1 is 0.581 bits per heavy atom. The Labute approximate surface area is 181 Å². The summed E-state index contributed by atoms with van der Waals surface area (Å²) in [5.41, 5.74) is 0. The Bertz CT molecular complexity index is 587. The fraction of sp³-hybridized carbons (Fsp3) is 0.789. The zero-order valence-electron chi connectivity index (χ0n) is 17.8. The number of rotatable bonds is 11. The first-order chi connectivity index (χ1) is 14.7. The molecule has 31 heavy (non-hydrogen) atoms. The van der Waals surface area contributed by atoms with Crippen LogP contribution in [-0.2, 0) is 19.2 Å². The van der Waals surface area contributed by atoms with Crippen LogP contribution >= 0.6 is 0 Å². The first-order valence-corrected chi connectivity index (χ1v) is 10.4.